The van der Waals surface area contributed by atoms with Crippen LogP contribution in [-0.4, -0.2) is 28.7 Å². The maximum absolute atomic E-state index is 11.8. The summed E-state index contributed by atoms with van der Waals surface area (Å²) in [7, 11) is 0. The second kappa shape index (κ2) is 6.38. The molecule has 1 heterocycles. The number of nitrogens with two attached hydrogens (primary N) is 2. The van der Waals surface area contributed by atoms with Gasteiger partial charge in [0, 0.05) is 12.1 Å². The van der Waals surface area contributed by atoms with Gasteiger partial charge in [-0.1, -0.05) is 30.3 Å². The van der Waals surface area contributed by atoms with Crippen LogP contribution in [0.4, 0.5) is 0 Å². The van der Waals surface area contributed by atoms with Crippen molar-refractivity contribution in [2.24, 2.45) is 21.5 Å². The summed E-state index contributed by atoms with van der Waals surface area (Å²) in [6, 6.07) is 9.47. The van der Waals surface area contributed by atoms with E-state index in [1.165, 1.54) is 11.8 Å². The number of carbonyl (C=O) groups excluding carboxylic acids is 1. The molecule has 1 aromatic carbocycles. The predicted octanol–water partition coefficient (Wildman–Crippen LogP) is 1.13. The van der Waals surface area contributed by atoms with Crippen molar-refractivity contribution in [3.05, 3.63) is 35.9 Å². The predicted molar refractivity (Wildman–Crippen MR) is 79.3 cm³/mol. The molecule has 6 heteroatoms. The molecule has 0 radical (unpaired) electrons. The van der Waals surface area contributed by atoms with Crippen LogP contribution in [-0.2, 0) is 4.79 Å². The van der Waals surface area contributed by atoms with Gasteiger partial charge in [0.1, 0.15) is 11.1 Å². The molecule has 0 fully saturated rings. The van der Waals surface area contributed by atoms with E-state index in [0.29, 0.717) is 13.0 Å². The Morgan fingerprint density at radius 1 is 1.32 bits per heavy atom. The van der Waals surface area contributed by atoms with Gasteiger partial charge in [0.15, 0.2) is 5.96 Å². The molecule has 4 N–H and O–H groups in total. The molecule has 1 aromatic rings. The number of benzene rings is 1. The molecule has 0 amide bonds. The molecule has 1 aliphatic rings. The highest BCUT2D eigenvalue weighted by molar-refractivity contribution is 8.27. The second-order valence-corrected chi connectivity index (χ2v) is 5.18. The van der Waals surface area contributed by atoms with Gasteiger partial charge in [-0.25, -0.2) is 0 Å². The molecule has 0 saturated carbocycles. The highest BCUT2D eigenvalue weighted by Crippen LogP contribution is 2.27. The Morgan fingerprint density at radius 3 is 2.74 bits per heavy atom. The molecule has 1 atom stereocenters. The van der Waals surface area contributed by atoms with Gasteiger partial charge < -0.3 is 11.5 Å². The third-order valence-corrected chi connectivity index (χ3v) is 3.70. The molecule has 5 nitrogen and oxygen atoms in total. The molecule has 2 rings (SSSR count). The van der Waals surface area contributed by atoms with E-state index in [1.54, 1.807) is 0 Å². The third-order valence-electron chi connectivity index (χ3n) is 2.69. The lowest BCUT2D eigenvalue weighted by Gasteiger charge is -2.02. The van der Waals surface area contributed by atoms with Gasteiger partial charge in [0.2, 0.25) is 5.12 Å². The highest BCUT2D eigenvalue weighted by Gasteiger charge is 2.27. The van der Waals surface area contributed by atoms with Gasteiger partial charge in [-0.05, 0) is 24.6 Å². The van der Waals surface area contributed by atoms with Crippen LogP contribution in [0.5, 0.6) is 0 Å². The van der Waals surface area contributed by atoms with Crippen molar-refractivity contribution in [1.29, 1.82) is 0 Å². The summed E-state index contributed by atoms with van der Waals surface area (Å²) < 4.78 is 0. The Bertz CT molecular complexity index is 509. The number of nitrogens with zero attached hydrogens (tertiary/aromatic N) is 2. The number of aliphatic imine (C=N–C) groups is 2. The summed E-state index contributed by atoms with van der Waals surface area (Å²) in [6.45, 7) is 0.535. The van der Waals surface area contributed by atoms with Crippen molar-refractivity contribution in [2.75, 3.05) is 6.54 Å². The first-order chi connectivity index (χ1) is 9.16. The molecule has 0 aromatic heterocycles. The summed E-state index contributed by atoms with van der Waals surface area (Å²) in [5.41, 5.74) is 11.5. The maximum atomic E-state index is 11.8. The fraction of sp³-hybridized carbons (Fsp3) is 0.308. The van der Waals surface area contributed by atoms with E-state index in [0.717, 1.165) is 17.0 Å². The standard InChI is InChI=1S/C13H16N4OS/c14-13(15)16-8-4-7-10-12(18)19-11(17-10)9-5-2-1-3-6-9/h1-3,5-6,10H,4,7-8H2,(H4,14,15,16). The van der Waals surface area contributed by atoms with Crippen molar-refractivity contribution in [3.63, 3.8) is 0 Å². The lowest BCUT2D eigenvalue weighted by Crippen LogP contribution is -2.23. The first-order valence-electron chi connectivity index (χ1n) is 6.07. The SMILES string of the molecule is NC(N)=NCCCC1N=C(c2ccccc2)SC1=O. The lowest BCUT2D eigenvalue weighted by atomic mass is 10.2. The summed E-state index contributed by atoms with van der Waals surface area (Å²) in [6.07, 6.45) is 1.43. The Balaban J connectivity index is 1.94. The normalized spacial score (nSPS) is 18.2. The van der Waals surface area contributed by atoms with Gasteiger partial charge in [-0.15, -0.1) is 0 Å². The Labute approximate surface area is 116 Å². The summed E-state index contributed by atoms with van der Waals surface area (Å²) in [5, 5.41) is 0.904. The van der Waals surface area contributed by atoms with Gasteiger partial charge in [0.25, 0.3) is 0 Å². The molecule has 0 aliphatic carbocycles. The van der Waals surface area contributed by atoms with E-state index in [-0.39, 0.29) is 17.1 Å². The second-order valence-electron chi connectivity index (χ2n) is 4.19. The molecular formula is C13H16N4OS. The lowest BCUT2D eigenvalue weighted by molar-refractivity contribution is -0.111. The van der Waals surface area contributed by atoms with E-state index in [1.807, 2.05) is 30.3 Å². The van der Waals surface area contributed by atoms with Crippen molar-refractivity contribution < 1.29 is 4.79 Å². The topological polar surface area (TPSA) is 93.8 Å². The van der Waals surface area contributed by atoms with Gasteiger partial charge in [-0.3, -0.25) is 14.8 Å². The van der Waals surface area contributed by atoms with E-state index in [2.05, 4.69) is 9.98 Å². The molecule has 1 unspecified atom stereocenters. The van der Waals surface area contributed by atoms with E-state index >= 15 is 0 Å². The highest BCUT2D eigenvalue weighted by atomic mass is 32.2. The smallest absolute Gasteiger partial charge is 0.219 e. The number of hydrogen-bond donors (Lipinski definition) is 2. The monoisotopic (exact) mass is 276 g/mol. The first kappa shape index (κ1) is 13.6. The largest absolute Gasteiger partial charge is 0.370 e. The molecule has 0 saturated heterocycles. The van der Waals surface area contributed by atoms with Crippen LogP contribution in [0.15, 0.2) is 40.3 Å². The zero-order valence-corrected chi connectivity index (χ0v) is 11.3. The molecule has 100 valence electrons. The quantitative estimate of drug-likeness (QED) is 0.479. The summed E-state index contributed by atoms with van der Waals surface area (Å²) >= 11 is 1.22. The van der Waals surface area contributed by atoms with Crippen LogP contribution in [0.3, 0.4) is 0 Å². The molecule has 19 heavy (non-hydrogen) atoms. The fourth-order valence-electron chi connectivity index (χ4n) is 1.77. The average Bonchev–Trinajstić information content (AvgIpc) is 2.77. The Kier molecular flexibility index (Phi) is 4.57. The van der Waals surface area contributed by atoms with Crippen molar-refractivity contribution in [3.8, 4) is 0 Å². The van der Waals surface area contributed by atoms with Gasteiger partial charge in [0.05, 0.1) is 0 Å². The van der Waals surface area contributed by atoms with E-state index < -0.39 is 0 Å². The fourth-order valence-corrected chi connectivity index (χ4v) is 2.70. The average molecular weight is 276 g/mol. The van der Waals surface area contributed by atoms with Crippen LogP contribution in [0.25, 0.3) is 0 Å². The minimum Gasteiger partial charge on any atom is -0.370 e. The number of guanidine groups is 1. The molecular weight excluding hydrogens is 260 g/mol. The van der Waals surface area contributed by atoms with Gasteiger partial charge >= 0.3 is 0 Å². The first-order valence-corrected chi connectivity index (χ1v) is 6.89. The van der Waals surface area contributed by atoms with Crippen LogP contribution in [0.2, 0.25) is 0 Å². The third kappa shape index (κ3) is 3.82. The minimum atomic E-state index is -0.269. The number of carbonyl (C=O) groups is 1. The van der Waals surface area contributed by atoms with Crippen molar-refractivity contribution in [1.82, 2.24) is 0 Å². The zero-order valence-electron chi connectivity index (χ0n) is 10.5. The number of hydrogen-bond acceptors (Lipinski definition) is 4. The van der Waals surface area contributed by atoms with Gasteiger partial charge in [-0.2, -0.15) is 0 Å². The van der Waals surface area contributed by atoms with E-state index in [4.69, 9.17) is 11.5 Å². The number of rotatable bonds is 5. The zero-order chi connectivity index (χ0) is 13.7. The summed E-state index contributed by atoms with van der Waals surface area (Å²) in [4.78, 5) is 20.2. The minimum absolute atomic E-state index is 0.0839. The van der Waals surface area contributed by atoms with Crippen molar-refractivity contribution in [2.45, 2.75) is 18.9 Å². The number of thioether (sulfide) groups is 1. The maximum Gasteiger partial charge on any atom is 0.219 e. The van der Waals surface area contributed by atoms with Crippen LogP contribution < -0.4 is 11.5 Å². The molecule has 0 spiro atoms. The molecule has 1 aliphatic heterocycles. The Morgan fingerprint density at radius 2 is 2.05 bits per heavy atom. The Hall–Kier alpha value is -1.82. The molecule has 0 bridgehead atoms. The summed E-state index contributed by atoms with van der Waals surface area (Å²) in [5.74, 6) is 0.0839. The van der Waals surface area contributed by atoms with Crippen LogP contribution >= 0.6 is 11.8 Å². The van der Waals surface area contributed by atoms with Crippen LogP contribution in [0.1, 0.15) is 18.4 Å². The van der Waals surface area contributed by atoms with E-state index in [9.17, 15) is 4.79 Å². The van der Waals surface area contributed by atoms with Crippen molar-refractivity contribution >= 4 is 27.9 Å². The van der Waals surface area contributed by atoms with Crippen LogP contribution in [0, 0.1) is 0 Å².